The number of H-pyrrole nitrogens is 1. The number of aromatic amines is 1. The van der Waals surface area contributed by atoms with Gasteiger partial charge in [0, 0.05) is 24.9 Å². The summed E-state index contributed by atoms with van der Waals surface area (Å²) in [5.41, 5.74) is 1.25. The lowest BCUT2D eigenvalue weighted by molar-refractivity contribution is 0.0696. The zero-order valence-electron chi connectivity index (χ0n) is 11.3. The molecule has 112 valence electrons. The average Bonchev–Trinajstić information content (AvgIpc) is 2.91. The van der Waals surface area contributed by atoms with Crippen LogP contribution in [0.2, 0.25) is 0 Å². The van der Waals surface area contributed by atoms with Crippen molar-refractivity contribution in [3.05, 3.63) is 47.5 Å². The molecule has 21 heavy (non-hydrogen) atoms. The minimum atomic E-state index is -3.75. The van der Waals surface area contributed by atoms with Gasteiger partial charge in [-0.05, 0) is 24.6 Å². The molecular formula is C13H15N3O4S. The van der Waals surface area contributed by atoms with Gasteiger partial charge in [0.15, 0.2) is 0 Å². The Kier molecular flexibility index (Phi) is 4.39. The third-order valence-corrected chi connectivity index (χ3v) is 4.57. The summed E-state index contributed by atoms with van der Waals surface area (Å²) in [6.45, 7) is 1.82. The lowest BCUT2D eigenvalue weighted by Gasteiger charge is -2.09. The fourth-order valence-corrected chi connectivity index (χ4v) is 3.14. The molecule has 0 atom stereocenters. The summed E-state index contributed by atoms with van der Waals surface area (Å²) < 4.78 is 26.9. The number of aryl methyl sites for hydroxylation is 1. The van der Waals surface area contributed by atoms with Gasteiger partial charge in [-0.15, -0.1) is 0 Å². The number of rotatable bonds is 6. The third-order valence-electron chi connectivity index (χ3n) is 2.97. The minimum absolute atomic E-state index is 0.0213. The van der Waals surface area contributed by atoms with E-state index in [0.29, 0.717) is 12.0 Å². The molecule has 0 fully saturated rings. The van der Waals surface area contributed by atoms with Crippen LogP contribution in [0.1, 0.15) is 21.6 Å². The zero-order chi connectivity index (χ0) is 15.5. The number of carbonyl (C=O) groups is 1. The van der Waals surface area contributed by atoms with Crippen LogP contribution >= 0.6 is 0 Å². The number of aromatic nitrogens is 2. The number of aromatic carboxylic acids is 1. The molecule has 0 aliphatic carbocycles. The predicted molar refractivity (Wildman–Crippen MR) is 75.6 cm³/mol. The van der Waals surface area contributed by atoms with Crippen LogP contribution in [-0.4, -0.2) is 36.0 Å². The Morgan fingerprint density at radius 3 is 2.81 bits per heavy atom. The highest BCUT2D eigenvalue weighted by Crippen LogP contribution is 2.17. The first-order valence-corrected chi connectivity index (χ1v) is 7.69. The first-order valence-electron chi connectivity index (χ1n) is 6.21. The molecule has 0 spiro atoms. The van der Waals surface area contributed by atoms with Gasteiger partial charge in [-0.1, -0.05) is 6.07 Å². The molecular weight excluding hydrogens is 294 g/mol. The van der Waals surface area contributed by atoms with Gasteiger partial charge in [0.05, 0.1) is 16.8 Å². The maximum Gasteiger partial charge on any atom is 0.335 e. The molecule has 8 heteroatoms. The number of sulfonamides is 1. The van der Waals surface area contributed by atoms with Crippen LogP contribution in [0.15, 0.2) is 35.6 Å². The van der Waals surface area contributed by atoms with Gasteiger partial charge in [-0.2, -0.15) is 0 Å². The molecule has 3 N–H and O–H groups in total. The Morgan fingerprint density at radius 1 is 1.43 bits per heavy atom. The van der Waals surface area contributed by atoms with E-state index in [1.54, 1.807) is 13.1 Å². The van der Waals surface area contributed by atoms with Crippen molar-refractivity contribution in [1.82, 2.24) is 14.7 Å². The summed E-state index contributed by atoms with van der Waals surface area (Å²) in [7, 11) is -3.75. The van der Waals surface area contributed by atoms with Gasteiger partial charge in [0.2, 0.25) is 10.0 Å². The van der Waals surface area contributed by atoms with Crippen molar-refractivity contribution in [2.45, 2.75) is 18.2 Å². The van der Waals surface area contributed by atoms with Crippen molar-refractivity contribution >= 4 is 16.0 Å². The lowest BCUT2D eigenvalue weighted by Crippen LogP contribution is -2.27. The van der Waals surface area contributed by atoms with Crippen LogP contribution < -0.4 is 4.72 Å². The van der Waals surface area contributed by atoms with Crippen molar-refractivity contribution < 1.29 is 18.3 Å². The Labute approximate surface area is 122 Å². The number of carboxylic acid groups (broad SMARTS) is 1. The molecule has 0 aliphatic rings. The molecule has 1 heterocycles. The van der Waals surface area contributed by atoms with E-state index in [-0.39, 0.29) is 17.0 Å². The average molecular weight is 309 g/mol. The second-order valence-electron chi connectivity index (χ2n) is 4.51. The molecule has 0 bridgehead atoms. The number of nitrogens with one attached hydrogen (secondary N) is 2. The van der Waals surface area contributed by atoms with E-state index in [1.807, 2.05) is 0 Å². The monoisotopic (exact) mass is 309 g/mol. The maximum absolute atomic E-state index is 12.2. The van der Waals surface area contributed by atoms with Crippen LogP contribution in [0.3, 0.4) is 0 Å². The molecule has 7 nitrogen and oxygen atoms in total. The SMILES string of the molecule is Cc1ccc(C(=O)O)cc1S(=O)(=O)NCCc1cnc[nH]1. The van der Waals surface area contributed by atoms with Crippen molar-refractivity contribution in [2.75, 3.05) is 6.54 Å². The highest BCUT2D eigenvalue weighted by atomic mass is 32.2. The fourth-order valence-electron chi connectivity index (χ4n) is 1.84. The minimum Gasteiger partial charge on any atom is -0.478 e. The molecule has 2 aromatic rings. The van der Waals surface area contributed by atoms with E-state index in [0.717, 1.165) is 11.8 Å². The second-order valence-corrected chi connectivity index (χ2v) is 6.25. The van der Waals surface area contributed by atoms with Crippen molar-refractivity contribution in [3.8, 4) is 0 Å². The number of imidazole rings is 1. The van der Waals surface area contributed by atoms with E-state index in [4.69, 9.17) is 5.11 Å². The zero-order valence-corrected chi connectivity index (χ0v) is 12.1. The Balaban J connectivity index is 2.15. The largest absolute Gasteiger partial charge is 0.478 e. The van der Waals surface area contributed by atoms with Gasteiger partial charge >= 0.3 is 5.97 Å². The van der Waals surface area contributed by atoms with Gasteiger partial charge in [0.1, 0.15) is 0 Å². The van der Waals surface area contributed by atoms with E-state index >= 15 is 0 Å². The Bertz CT molecular complexity index is 739. The summed E-state index contributed by atoms with van der Waals surface area (Å²) in [6, 6.07) is 4.02. The highest BCUT2D eigenvalue weighted by Gasteiger charge is 2.18. The van der Waals surface area contributed by atoms with Crippen molar-refractivity contribution in [1.29, 1.82) is 0 Å². The summed E-state index contributed by atoms with van der Waals surface area (Å²) in [4.78, 5) is 17.6. The molecule has 0 saturated carbocycles. The quantitative estimate of drug-likeness (QED) is 0.735. The molecule has 1 aromatic carbocycles. The normalized spacial score (nSPS) is 11.5. The van der Waals surface area contributed by atoms with E-state index in [9.17, 15) is 13.2 Å². The van der Waals surface area contributed by atoms with Gasteiger partial charge in [-0.3, -0.25) is 0 Å². The summed E-state index contributed by atoms with van der Waals surface area (Å²) in [6.07, 6.45) is 3.60. The van der Waals surface area contributed by atoms with Crippen molar-refractivity contribution in [3.63, 3.8) is 0 Å². The Hall–Kier alpha value is -2.19. The maximum atomic E-state index is 12.2. The second kappa shape index (κ2) is 6.06. The molecule has 2 rings (SSSR count). The number of nitrogens with zero attached hydrogens (tertiary/aromatic N) is 1. The molecule has 1 aromatic heterocycles. The Morgan fingerprint density at radius 2 is 2.19 bits per heavy atom. The highest BCUT2D eigenvalue weighted by molar-refractivity contribution is 7.89. The molecule has 0 saturated heterocycles. The molecule has 0 radical (unpaired) electrons. The van der Waals surface area contributed by atoms with Gasteiger partial charge in [0.25, 0.3) is 0 Å². The van der Waals surface area contributed by atoms with Crippen LogP contribution in [-0.2, 0) is 16.4 Å². The van der Waals surface area contributed by atoms with Crippen LogP contribution in [0.25, 0.3) is 0 Å². The van der Waals surface area contributed by atoms with E-state index < -0.39 is 16.0 Å². The topological polar surface area (TPSA) is 112 Å². The van der Waals surface area contributed by atoms with Crippen LogP contribution in [0.5, 0.6) is 0 Å². The van der Waals surface area contributed by atoms with Gasteiger partial charge < -0.3 is 10.1 Å². The number of benzene rings is 1. The summed E-state index contributed by atoms with van der Waals surface area (Å²) in [5.74, 6) is -1.16. The number of hydrogen-bond donors (Lipinski definition) is 3. The van der Waals surface area contributed by atoms with Crippen LogP contribution in [0.4, 0.5) is 0 Å². The van der Waals surface area contributed by atoms with E-state index in [1.165, 1.54) is 18.5 Å². The predicted octanol–water partition coefficient (Wildman–Crippen LogP) is 0.937. The lowest BCUT2D eigenvalue weighted by atomic mass is 10.1. The summed E-state index contributed by atoms with van der Waals surface area (Å²) >= 11 is 0. The van der Waals surface area contributed by atoms with E-state index in [2.05, 4.69) is 14.7 Å². The van der Waals surface area contributed by atoms with Gasteiger partial charge in [-0.25, -0.2) is 22.9 Å². The number of carboxylic acids is 1. The molecule has 0 aliphatic heterocycles. The standard InChI is InChI=1S/C13H15N3O4S/c1-9-2-3-10(13(17)18)6-12(9)21(19,20)16-5-4-11-7-14-8-15-11/h2-3,6-8,16H,4-5H2,1H3,(H,14,15)(H,17,18). The first-order chi connectivity index (χ1) is 9.90. The van der Waals surface area contributed by atoms with Crippen molar-refractivity contribution in [2.24, 2.45) is 0 Å². The fraction of sp³-hybridized carbons (Fsp3) is 0.231. The third kappa shape index (κ3) is 3.67. The number of hydrogen-bond acceptors (Lipinski definition) is 4. The summed E-state index contributed by atoms with van der Waals surface area (Å²) in [5, 5.41) is 8.94. The molecule has 0 unspecified atom stereocenters. The van der Waals surface area contributed by atoms with Crippen LogP contribution in [0, 0.1) is 6.92 Å². The molecule has 0 amide bonds. The first kappa shape index (κ1) is 15.2. The smallest absolute Gasteiger partial charge is 0.335 e.